The van der Waals surface area contributed by atoms with Crippen molar-refractivity contribution in [2.24, 2.45) is 0 Å². The number of nitrogens with two attached hydrogens (primary N) is 1. The summed E-state index contributed by atoms with van der Waals surface area (Å²) in [6.07, 6.45) is 1.63. The molecule has 0 bridgehead atoms. The van der Waals surface area contributed by atoms with Gasteiger partial charge in [-0.3, -0.25) is 4.79 Å². The molecule has 20 heavy (non-hydrogen) atoms. The van der Waals surface area contributed by atoms with Crippen LogP contribution in [0.15, 0.2) is 41.0 Å². The Morgan fingerprint density at radius 1 is 1.40 bits per heavy atom. The quantitative estimate of drug-likeness (QED) is 0.732. The lowest BCUT2D eigenvalue weighted by molar-refractivity contribution is 0.0956. The van der Waals surface area contributed by atoms with Crippen LogP contribution in [0.1, 0.15) is 36.0 Å². The van der Waals surface area contributed by atoms with Crippen LogP contribution in [0.5, 0.6) is 0 Å². The molecule has 0 fully saturated rings. The Labute approximate surface area is 118 Å². The van der Waals surface area contributed by atoms with E-state index in [1.807, 2.05) is 26.0 Å². The van der Waals surface area contributed by atoms with Gasteiger partial charge in [0.2, 0.25) is 0 Å². The zero-order valence-electron chi connectivity index (χ0n) is 11.6. The van der Waals surface area contributed by atoms with Gasteiger partial charge >= 0.3 is 0 Å². The first-order chi connectivity index (χ1) is 9.61. The van der Waals surface area contributed by atoms with E-state index in [0.29, 0.717) is 17.8 Å². The monoisotopic (exact) mass is 273 g/mol. The van der Waals surface area contributed by atoms with Crippen molar-refractivity contribution in [3.8, 4) is 0 Å². The third-order valence-electron chi connectivity index (χ3n) is 2.99. The Morgan fingerprint density at radius 2 is 2.20 bits per heavy atom. The Bertz CT molecular complexity index is 579. The minimum atomic E-state index is -0.110. The van der Waals surface area contributed by atoms with E-state index in [2.05, 4.69) is 10.6 Å². The highest BCUT2D eigenvalue weighted by Gasteiger charge is 2.12. The SMILES string of the molecule is CCNC(=O)c1ccc(N)c(NC(C)c2ccco2)c1. The number of hydrogen-bond acceptors (Lipinski definition) is 4. The summed E-state index contributed by atoms with van der Waals surface area (Å²) < 4.78 is 5.34. The van der Waals surface area contributed by atoms with Crippen LogP contribution in [0.4, 0.5) is 11.4 Å². The summed E-state index contributed by atoms with van der Waals surface area (Å²) in [5, 5.41) is 6.01. The zero-order chi connectivity index (χ0) is 14.5. The van der Waals surface area contributed by atoms with Gasteiger partial charge in [0.25, 0.3) is 5.91 Å². The summed E-state index contributed by atoms with van der Waals surface area (Å²) in [6.45, 7) is 4.44. The number of anilines is 2. The van der Waals surface area contributed by atoms with Gasteiger partial charge in [0.1, 0.15) is 5.76 Å². The van der Waals surface area contributed by atoms with Crippen molar-refractivity contribution >= 4 is 17.3 Å². The van der Waals surface area contributed by atoms with Gasteiger partial charge in [-0.05, 0) is 44.2 Å². The van der Waals surface area contributed by atoms with E-state index in [1.54, 1.807) is 24.5 Å². The molecule has 0 aliphatic carbocycles. The van der Waals surface area contributed by atoms with Crippen molar-refractivity contribution in [3.63, 3.8) is 0 Å². The number of nitrogens with one attached hydrogen (secondary N) is 2. The second kappa shape index (κ2) is 6.14. The molecule has 1 atom stereocenters. The number of benzene rings is 1. The molecular weight excluding hydrogens is 254 g/mol. The van der Waals surface area contributed by atoms with E-state index in [0.717, 1.165) is 11.4 Å². The Morgan fingerprint density at radius 3 is 2.85 bits per heavy atom. The van der Waals surface area contributed by atoms with Crippen LogP contribution in [-0.4, -0.2) is 12.5 Å². The third-order valence-corrected chi connectivity index (χ3v) is 2.99. The first-order valence-corrected chi connectivity index (χ1v) is 6.59. The lowest BCUT2D eigenvalue weighted by Gasteiger charge is -2.15. The predicted molar refractivity (Wildman–Crippen MR) is 79.6 cm³/mol. The maximum atomic E-state index is 11.8. The summed E-state index contributed by atoms with van der Waals surface area (Å²) >= 11 is 0. The fourth-order valence-corrected chi connectivity index (χ4v) is 1.93. The molecule has 2 aromatic rings. The van der Waals surface area contributed by atoms with Crippen LogP contribution in [0.2, 0.25) is 0 Å². The number of amides is 1. The molecule has 0 spiro atoms. The molecule has 0 saturated carbocycles. The van der Waals surface area contributed by atoms with E-state index in [1.165, 1.54) is 0 Å². The molecule has 106 valence electrons. The summed E-state index contributed by atoms with van der Waals surface area (Å²) in [5.74, 6) is 0.703. The fourth-order valence-electron chi connectivity index (χ4n) is 1.93. The van der Waals surface area contributed by atoms with Crippen LogP contribution >= 0.6 is 0 Å². The minimum absolute atomic E-state index is 0.0308. The molecule has 4 N–H and O–H groups in total. The molecule has 0 aliphatic heterocycles. The largest absolute Gasteiger partial charge is 0.467 e. The number of nitrogen functional groups attached to an aromatic ring is 1. The summed E-state index contributed by atoms with van der Waals surface area (Å²) in [5.41, 5.74) is 7.83. The molecule has 1 amide bonds. The zero-order valence-corrected chi connectivity index (χ0v) is 11.6. The smallest absolute Gasteiger partial charge is 0.251 e. The normalized spacial score (nSPS) is 11.9. The standard InChI is InChI=1S/C15H19N3O2/c1-3-17-15(19)11-6-7-12(16)13(9-11)18-10(2)14-5-4-8-20-14/h4-10,18H,3,16H2,1-2H3,(H,17,19). The molecule has 5 heteroatoms. The minimum Gasteiger partial charge on any atom is -0.467 e. The predicted octanol–water partition coefficient (Wildman–Crippen LogP) is 2.78. The van der Waals surface area contributed by atoms with Gasteiger partial charge in [-0.2, -0.15) is 0 Å². The third kappa shape index (κ3) is 3.12. The van der Waals surface area contributed by atoms with Crippen LogP contribution < -0.4 is 16.4 Å². The molecule has 0 radical (unpaired) electrons. The Balaban J connectivity index is 2.18. The Kier molecular flexibility index (Phi) is 4.30. The molecule has 1 unspecified atom stereocenters. The summed E-state index contributed by atoms with van der Waals surface area (Å²) in [6, 6.07) is 8.88. The highest BCUT2D eigenvalue weighted by atomic mass is 16.3. The molecule has 5 nitrogen and oxygen atoms in total. The summed E-state index contributed by atoms with van der Waals surface area (Å²) in [7, 11) is 0. The topological polar surface area (TPSA) is 80.3 Å². The van der Waals surface area contributed by atoms with Crippen molar-refractivity contribution < 1.29 is 9.21 Å². The van der Waals surface area contributed by atoms with Crippen LogP contribution in [0, 0.1) is 0 Å². The average Bonchev–Trinajstić information content (AvgIpc) is 2.95. The number of carbonyl (C=O) groups is 1. The molecule has 0 aliphatic rings. The van der Waals surface area contributed by atoms with Crippen LogP contribution in [0.25, 0.3) is 0 Å². The van der Waals surface area contributed by atoms with E-state index in [-0.39, 0.29) is 11.9 Å². The number of carbonyl (C=O) groups excluding carboxylic acids is 1. The summed E-state index contributed by atoms with van der Waals surface area (Å²) in [4.78, 5) is 11.8. The van der Waals surface area contributed by atoms with Crippen molar-refractivity contribution in [1.82, 2.24) is 5.32 Å². The molecule has 1 aromatic heterocycles. The van der Waals surface area contributed by atoms with Gasteiger partial charge in [-0.15, -0.1) is 0 Å². The number of hydrogen-bond donors (Lipinski definition) is 3. The van der Waals surface area contributed by atoms with Crippen molar-refractivity contribution in [2.75, 3.05) is 17.6 Å². The van der Waals surface area contributed by atoms with Crippen molar-refractivity contribution in [1.29, 1.82) is 0 Å². The van der Waals surface area contributed by atoms with Crippen LogP contribution in [-0.2, 0) is 0 Å². The van der Waals surface area contributed by atoms with E-state index in [4.69, 9.17) is 10.2 Å². The van der Waals surface area contributed by atoms with Crippen molar-refractivity contribution in [2.45, 2.75) is 19.9 Å². The fraction of sp³-hybridized carbons (Fsp3) is 0.267. The second-order valence-electron chi connectivity index (χ2n) is 4.54. The maximum Gasteiger partial charge on any atom is 0.251 e. The van der Waals surface area contributed by atoms with E-state index in [9.17, 15) is 4.79 Å². The average molecular weight is 273 g/mol. The Hall–Kier alpha value is -2.43. The lowest BCUT2D eigenvalue weighted by atomic mass is 10.1. The van der Waals surface area contributed by atoms with Gasteiger partial charge in [0, 0.05) is 12.1 Å². The van der Waals surface area contributed by atoms with E-state index < -0.39 is 0 Å². The molecule has 1 aromatic carbocycles. The molecule has 0 saturated heterocycles. The highest BCUT2D eigenvalue weighted by molar-refractivity contribution is 5.96. The van der Waals surface area contributed by atoms with E-state index >= 15 is 0 Å². The van der Waals surface area contributed by atoms with Gasteiger partial charge in [0.15, 0.2) is 0 Å². The van der Waals surface area contributed by atoms with Gasteiger partial charge in [-0.1, -0.05) is 0 Å². The van der Waals surface area contributed by atoms with Gasteiger partial charge in [-0.25, -0.2) is 0 Å². The molecule has 1 heterocycles. The van der Waals surface area contributed by atoms with Gasteiger partial charge in [0.05, 0.1) is 23.7 Å². The first kappa shape index (κ1) is 14.0. The lowest BCUT2D eigenvalue weighted by Crippen LogP contribution is -2.22. The first-order valence-electron chi connectivity index (χ1n) is 6.59. The van der Waals surface area contributed by atoms with Crippen molar-refractivity contribution in [3.05, 3.63) is 47.9 Å². The maximum absolute atomic E-state index is 11.8. The van der Waals surface area contributed by atoms with Gasteiger partial charge < -0.3 is 20.8 Å². The number of furan rings is 1. The highest BCUT2D eigenvalue weighted by Crippen LogP contribution is 2.25. The van der Waals surface area contributed by atoms with Crippen LogP contribution in [0.3, 0.4) is 0 Å². The number of rotatable bonds is 5. The molecular formula is C15H19N3O2. The second-order valence-corrected chi connectivity index (χ2v) is 4.54. The molecule has 2 rings (SSSR count).